The summed E-state index contributed by atoms with van der Waals surface area (Å²) in [6, 6.07) is 0. The molecule has 0 aromatic heterocycles. The van der Waals surface area contributed by atoms with Gasteiger partial charge in [0.15, 0.2) is 0 Å². The predicted octanol–water partition coefficient (Wildman–Crippen LogP) is -1.19. The van der Waals surface area contributed by atoms with E-state index in [0.717, 1.165) is 0 Å². The van der Waals surface area contributed by atoms with E-state index in [1.165, 1.54) is 24.3 Å². The summed E-state index contributed by atoms with van der Waals surface area (Å²) in [6.45, 7) is 7.43. The summed E-state index contributed by atoms with van der Waals surface area (Å²) in [7, 11) is -3.74. The van der Waals surface area contributed by atoms with Gasteiger partial charge in [-0.2, -0.15) is 14.8 Å². The molecular formula is C17H27KO9S. The van der Waals surface area contributed by atoms with Crippen molar-refractivity contribution in [1.29, 1.82) is 0 Å². The van der Waals surface area contributed by atoms with Crippen LogP contribution in [0, 0.1) is 12.3 Å². The minimum atomic E-state index is -3.74. The number of carboxylic acid groups (broad SMARTS) is 1. The molecule has 0 aromatic rings. The van der Waals surface area contributed by atoms with Crippen molar-refractivity contribution >= 4 is 28.0 Å². The van der Waals surface area contributed by atoms with Gasteiger partial charge < -0.3 is 21.5 Å². The molecule has 0 aromatic carbocycles. The third kappa shape index (κ3) is 16.4. The Morgan fingerprint density at radius 2 is 1.43 bits per heavy atom. The second-order valence-corrected chi connectivity index (χ2v) is 6.87. The Morgan fingerprint density at radius 3 is 1.61 bits per heavy atom. The van der Waals surface area contributed by atoms with Gasteiger partial charge in [0.05, 0.1) is 0 Å². The quantitative estimate of drug-likeness (QED) is 0.139. The number of aliphatic carboxylic acids is 1. The van der Waals surface area contributed by atoms with E-state index in [2.05, 4.69) is 6.92 Å². The summed E-state index contributed by atoms with van der Waals surface area (Å²) in [6.07, 6.45) is 5.74. The molecule has 0 fully saturated rings. The van der Waals surface area contributed by atoms with E-state index in [1.54, 1.807) is 20.8 Å². The van der Waals surface area contributed by atoms with Gasteiger partial charge in [0, 0.05) is 17.9 Å². The fourth-order valence-corrected chi connectivity index (χ4v) is 1.85. The van der Waals surface area contributed by atoms with Gasteiger partial charge in [-0.05, 0) is 20.3 Å². The molecule has 0 aliphatic rings. The van der Waals surface area contributed by atoms with Gasteiger partial charge in [-0.1, -0.05) is 19.1 Å². The molecule has 0 saturated carbocycles. The molecule has 2 N–H and O–H groups in total. The normalized spacial score (nSPS) is 13.0. The van der Waals surface area contributed by atoms with E-state index >= 15 is 0 Å². The van der Waals surface area contributed by atoms with Gasteiger partial charge >= 0.3 is 69.3 Å². The van der Waals surface area contributed by atoms with Crippen molar-refractivity contribution in [2.24, 2.45) is 5.41 Å². The Morgan fingerprint density at radius 1 is 1.04 bits per heavy atom. The number of carbonyl (C=O) groups excluding carboxylic acids is 2. The second kappa shape index (κ2) is 17.3. The van der Waals surface area contributed by atoms with Crippen LogP contribution in [-0.2, 0) is 34.0 Å². The number of ether oxygens (including phenoxy) is 2. The smallest absolute Gasteiger partial charge is 0.481 e. The monoisotopic (exact) mass is 446 g/mol. The van der Waals surface area contributed by atoms with Crippen LogP contribution < -0.4 is 51.4 Å². The van der Waals surface area contributed by atoms with Crippen LogP contribution in [0.25, 0.3) is 0 Å². The summed E-state index contributed by atoms with van der Waals surface area (Å²) >= 11 is 0. The fourth-order valence-electron chi connectivity index (χ4n) is 1.49. The number of allylic oxidation sites excluding steroid dienone is 2. The van der Waals surface area contributed by atoms with Gasteiger partial charge in [0.1, 0.15) is 18.6 Å². The zero-order chi connectivity index (χ0) is 21.5. The molecule has 156 valence electrons. The Kier molecular flexibility index (Phi) is 19.8. The average Bonchev–Trinajstić information content (AvgIpc) is 2.55. The van der Waals surface area contributed by atoms with Crippen molar-refractivity contribution in [3.8, 4) is 0 Å². The Balaban J connectivity index is -0.000000665. The van der Waals surface area contributed by atoms with Crippen molar-refractivity contribution in [3.63, 3.8) is 0 Å². The van der Waals surface area contributed by atoms with E-state index < -0.39 is 33.4 Å². The first-order valence-electron chi connectivity index (χ1n) is 8.04. The minimum Gasteiger partial charge on any atom is -0.481 e. The van der Waals surface area contributed by atoms with E-state index in [0.29, 0.717) is 0 Å². The maximum atomic E-state index is 11.4. The molecule has 0 radical (unpaired) electrons. The molecule has 0 rings (SSSR count). The SMILES string of the molecule is CC=CC(=O)OCC(CC)(COC(=O)C=CC)C(=O)O.[CH2-]CCS(=O)(=O)O.[K+]. The van der Waals surface area contributed by atoms with Crippen molar-refractivity contribution in [2.75, 3.05) is 19.0 Å². The first-order valence-corrected chi connectivity index (χ1v) is 9.65. The zero-order valence-electron chi connectivity index (χ0n) is 16.7. The largest absolute Gasteiger partial charge is 1.00 e. The van der Waals surface area contributed by atoms with Gasteiger partial charge in [0.2, 0.25) is 0 Å². The van der Waals surface area contributed by atoms with Crippen LogP contribution >= 0.6 is 0 Å². The topological polar surface area (TPSA) is 144 Å². The van der Waals surface area contributed by atoms with Crippen molar-refractivity contribution < 1.29 is 93.3 Å². The van der Waals surface area contributed by atoms with Crippen LogP contribution in [0.2, 0.25) is 0 Å². The molecular weight excluding hydrogens is 419 g/mol. The standard InChI is InChI=1S/C14H20O6.C3H7O3S.K/c1-4-7-11(15)19-9-14(6-3,13(17)18)10-20-12(16)8-5-2;1-2-3-7(4,5)6;/h4-5,7-8H,6,9-10H2,1-3H3,(H,17,18);1-3H2,(H,4,5,6);/q;-1;+1. The summed E-state index contributed by atoms with van der Waals surface area (Å²) in [5, 5.41) is 9.29. The molecule has 0 unspecified atom stereocenters. The van der Waals surface area contributed by atoms with Crippen molar-refractivity contribution in [2.45, 2.75) is 33.6 Å². The Bertz CT molecular complexity index is 611. The van der Waals surface area contributed by atoms with Gasteiger partial charge in [0.25, 0.3) is 10.1 Å². The third-order valence-corrected chi connectivity index (χ3v) is 3.92. The molecule has 28 heavy (non-hydrogen) atoms. The number of rotatable bonds is 10. The number of carbonyl (C=O) groups is 3. The summed E-state index contributed by atoms with van der Waals surface area (Å²) in [5.74, 6) is -2.69. The molecule has 9 nitrogen and oxygen atoms in total. The third-order valence-electron chi connectivity index (χ3n) is 3.12. The predicted molar refractivity (Wildman–Crippen MR) is 98.3 cm³/mol. The van der Waals surface area contributed by atoms with E-state index in [9.17, 15) is 27.9 Å². The molecule has 0 heterocycles. The second-order valence-electron chi connectivity index (χ2n) is 5.29. The van der Waals surface area contributed by atoms with Crippen LogP contribution in [0.5, 0.6) is 0 Å². The van der Waals surface area contributed by atoms with E-state index in [-0.39, 0.29) is 83.2 Å². The molecule has 0 aliphatic heterocycles. The Hall–Kier alpha value is -0.564. The van der Waals surface area contributed by atoms with E-state index in [1.807, 2.05) is 0 Å². The van der Waals surface area contributed by atoms with Crippen molar-refractivity contribution in [1.82, 2.24) is 0 Å². The molecule has 0 amide bonds. The molecule has 0 bridgehead atoms. The summed E-state index contributed by atoms with van der Waals surface area (Å²) < 4.78 is 37.2. The number of hydrogen-bond acceptors (Lipinski definition) is 7. The zero-order valence-corrected chi connectivity index (χ0v) is 20.7. The molecule has 0 saturated heterocycles. The Labute approximate surface area is 208 Å². The first kappa shape index (κ1) is 32.1. The van der Waals surface area contributed by atoms with Crippen LogP contribution in [0.15, 0.2) is 24.3 Å². The van der Waals surface area contributed by atoms with Crippen LogP contribution in [0.1, 0.15) is 33.6 Å². The number of esters is 2. The number of carboxylic acids is 1. The van der Waals surface area contributed by atoms with Crippen molar-refractivity contribution in [3.05, 3.63) is 31.2 Å². The first-order chi connectivity index (χ1) is 12.5. The molecule has 0 atom stereocenters. The molecule has 11 heteroatoms. The van der Waals surface area contributed by atoms with Crippen LogP contribution in [-0.4, -0.2) is 55.0 Å². The van der Waals surface area contributed by atoms with Crippen LogP contribution in [0.3, 0.4) is 0 Å². The number of hydrogen-bond donors (Lipinski definition) is 2. The van der Waals surface area contributed by atoms with Gasteiger partial charge in [-0.25, -0.2) is 9.59 Å². The maximum Gasteiger partial charge on any atom is 1.00 e. The molecule has 0 aliphatic carbocycles. The molecule has 0 spiro atoms. The van der Waals surface area contributed by atoms with E-state index in [4.69, 9.17) is 14.0 Å². The average molecular weight is 447 g/mol. The van der Waals surface area contributed by atoms with Gasteiger partial charge in [-0.3, -0.25) is 9.35 Å². The maximum absolute atomic E-state index is 11.4. The summed E-state index contributed by atoms with van der Waals surface area (Å²) in [4.78, 5) is 33.9. The summed E-state index contributed by atoms with van der Waals surface area (Å²) in [5.41, 5.74) is -1.44. The van der Waals surface area contributed by atoms with Gasteiger partial charge in [-0.15, -0.1) is 0 Å². The fraction of sp³-hybridized carbons (Fsp3) is 0.529. The van der Waals surface area contributed by atoms with Crippen LogP contribution in [0.4, 0.5) is 0 Å². The minimum absolute atomic E-state index is 0.